The number of rotatable bonds is 7. The average molecular weight is 364 g/mol. The largest absolute Gasteiger partial charge is 0.363 e. The van der Waals surface area contributed by atoms with Gasteiger partial charge in [0, 0.05) is 12.6 Å². The van der Waals surface area contributed by atoms with Gasteiger partial charge in [-0.25, -0.2) is 0 Å². The number of carbonyl (C=O) groups is 3. The molecule has 1 aromatic carbocycles. The maximum Gasteiger partial charge on any atom is 0.287 e. The summed E-state index contributed by atoms with van der Waals surface area (Å²) >= 11 is 0. The van der Waals surface area contributed by atoms with E-state index in [9.17, 15) is 14.4 Å². The van der Waals surface area contributed by atoms with E-state index in [1.54, 1.807) is 48.7 Å². The van der Waals surface area contributed by atoms with Crippen LogP contribution in [0.1, 0.15) is 15.9 Å². The number of nitrogens with two attached hydrogens (primary N) is 1. The standard InChI is InChI=1S/C19H16N4O4/c20-18(25)16(24)15(10-12-6-2-1-3-7-12)23-19(26)13-11-22-27-17(13)14-8-4-5-9-21-14/h1-9,11,15H,10H2,(H2,20,25)(H,23,26). The van der Waals surface area contributed by atoms with E-state index >= 15 is 0 Å². The number of Topliss-reactive ketones (excluding diaryl/α,β-unsaturated/α-hetero) is 1. The third-order valence-corrected chi connectivity index (χ3v) is 3.86. The van der Waals surface area contributed by atoms with Crippen LogP contribution in [0.5, 0.6) is 0 Å². The van der Waals surface area contributed by atoms with Crippen LogP contribution >= 0.6 is 0 Å². The van der Waals surface area contributed by atoms with E-state index in [-0.39, 0.29) is 17.7 Å². The molecule has 2 amide bonds. The van der Waals surface area contributed by atoms with E-state index in [2.05, 4.69) is 15.5 Å². The molecular formula is C19H16N4O4. The summed E-state index contributed by atoms with van der Waals surface area (Å²) in [6.07, 6.45) is 2.90. The Morgan fingerprint density at radius 1 is 1.07 bits per heavy atom. The summed E-state index contributed by atoms with van der Waals surface area (Å²) in [5.41, 5.74) is 6.41. The van der Waals surface area contributed by atoms with Crippen molar-refractivity contribution >= 4 is 17.6 Å². The predicted octanol–water partition coefficient (Wildman–Crippen LogP) is 1.13. The Bertz CT molecular complexity index is 954. The fraction of sp³-hybridized carbons (Fsp3) is 0.105. The van der Waals surface area contributed by atoms with Gasteiger partial charge in [-0.1, -0.05) is 41.6 Å². The zero-order valence-electron chi connectivity index (χ0n) is 14.2. The second-order valence-electron chi connectivity index (χ2n) is 5.73. The van der Waals surface area contributed by atoms with Crippen LogP contribution in [-0.2, 0) is 16.0 Å². The molecule has 0 fully saturated rings. The van der Waals surface area contributed by atoms with Gasteiger partial charge in [-0.15, -0.1) is 0 Å². The maximum absolute atomic E-state index is 12.7. The molecule has 0 bridgehead atoms. The highest BCUT2D eigenvalue weighted by Gasteiger charge is 2.28. The van der Waals surface area contributed by atoms with Gasteiger partial charge >= 0.3 is 0 Å². The topological polar surface area (TPSA) is 128 Å². The van der Waals surface area contributed by atoms with Gasteiger partial charge in [-0.3, -0.25) is 19.4 Å². The molecule has 0 saturated carbocycles. The van der Waals surface area contributed by atoms with E-state index in [0.717, 1.165) is 5.56 Å². The van der Waals surface area contributed by atoms with Gasteiger partial charge in [0.2, 0.25) is 5.78 Å². The highest BCUT2D eigenvalue weighted by Crippen LogP contribution is 2.21. The fourth-order valence-electron chi connectivity index (χ4n) is 2.55. The lowest BCUT2D eigenvalue weighted by Crippen LogP contribution is -2.47. The summed E-state index contributed by atoms with van der Waals surface area (Å²) in [6.45, 7) is 0. The van der Waals surface area contributed by atoms with E-state index in [1.807, 2.05) is 6.07 Å². The van der Waals surface area contributed by atoms with E-state index in [1.165, 1.54) is 6.20 Å². The average Bonchev–Trinajstić information content (AvgIpc) is 3.18. The molecule has 136 valence electrons. The van der Waals surface area contributed by atoms with Crippen molar-refractivity contribution in [2.24, 2.45) is 5.73 Å². The number of nitrogens with one attached hydrogen (secondary N) is 1. The molecule has 2 aromatic heterocycles. The number of hydrogen-bond donors (Lipinski definition) is 2. The van der Waals surface area contributed by atoms with E-state index in [4.69, 9.17) is 10.3 Å². The molecule has 3 N–H and O–H groups in total. The van der Waals surface area contributed by atoms with Crippen molar-refractivity contribution in [3.63, 3.8) is 0 Å². The van der Waals surface area contributed by atoms with Crippen LogP contribution in [0.25, 0.3) is 11.5 Å². The lowest BCUT2D eigenvalue weighted by Gasteiger charge is -2.16. The first kappa shape index (κ1) is 18.0. The number of ketones is 1. The first-order chi connectivity index (χ1) is 13.1. The van der Waals surface area contributed by atoms with Crippen LogP contribution in [0.4, 0.5) is 0 Å². The zero-order chi connectivity index (χ0) is 19.2. The van der Waals surface area contributed by atoms with Crippen molar-refractivity contribution in [3.8, 4) is 11.5 Å². The quantitative estimate of drug-likeness (QED) is 0.605. The molecule has 8 nitrogen and oxygen atoms in total. The summed E-state index contributed by atoms with van der Waals surface area (Å²) in [5.74, 6) is -2.46. The van der Waals surface area contributed by atoms with Crippen molar-refractivity contribution in [1.82, 2.24) is 15.5 Å². The lowest BCUT2D eigenvalue weighted by molar-refractivity contribution is -0.137. The first-order valence-electron chi connectivity index (χ1n) is 8.10. The lowest BCUT2D eigenvalue weighted by atomic mass is 10.0. The Balaban J connectivity index is 1.84. The molecule has 0 aliphatic carbocycles. The third kappa shape index (κ3) is 4.24. The molecule has 0 aliphatic heterocycles. The number of nitrogens with zero attached hydrogens (tertiary/aromatic N) is 2. The number of carbonyl (C=O) groups excluding carboxylic acids is 3. The number of primary amides is 1. The van der Waals surface area contributed by atoms with Crippen LogP contribution in [-0.4, -0.2) is 33.8 Å². The molecule has 2 heterocycles. The molecule has 0 spiro atoms. The Hall–Kier alpha value is -3.81. The SMILES string of the molecule is NC(=O)C(=O)C(Cc1ccccc1)NC(=O)c1cnoc1-c1ccccn1. The Kier molecular flexibility index (Phi) is 5.36. The normalized spacial score (nSPS) is 11.6. The van der Waals surface area contributed by atoms with Gasteiger partial charge in [0.25, 0.3) is 11.8 Å². The molecule has 0 aliphatic rings. The Morgan fingerprint density at radius 2 is 1.81 bits per heavy atom. The van der Waals surface area contributed by atoms with Gasteiger partial charge in [0.1, 0.15) is 17.3 Å². The second-order valence-corrected chi connectivity index (χ2v) is 5.73. The molecule has 1 atom stereocenters. The van der Waals surface area contributed by atoms with Crippen molar-refractivity contribution in [2.45, 2.75) is 12.5 Å². The van der Waals surface area contributed by atoms with Gasteiger partial charge in [-0.05, 0) is 17.7 Å². The van der Waals surface area contributed by atoms with E-state index in [0.29, 0.717) is 5.69 Å². The number of benzene rings is 1. The van der Waals surface area contributed by atoms with Gasteiger partial charge in [0.15, 0.2) is 5.76 Å². The molecule has 3 aromatic rings. The molecule has 0 saturated heterocycles. The number of pyridine rings is 1. The molecular weight excluding hydrogens is 348 g/mol. The summed E-state index contributed by atoms with van der Waals surface area (Å²) in [7, 11) is 0. The summed E-state index contributed by atoms with van der Waals surface area (Å²) < 4.78 is 5.13. The molecule has 27 heavy (non-hydrogen) atoms. The molecule has 1 unspecified atom stereocenters. The van der Waals surface area contributed by atoms with Crippen LogP contribution in [0.15, 0.2) is 65.4 Å². The molecule has 8 heteroatoms. The monoisotopic (exact) mass is 364 g/mol. The minimum Gasteiger partial charge on any atom is -0.363 e. The fourth-order valence-corrected chi connectivity index (χ4v) is 2.55. The van der Waals surface area contributed by atoms with Crippen molar-refractivity contribution in [1.29, 1.82) is 0 Å². The smallest absolute Gasteiger partial charge is 0.287 e. The number of amides is 2. The minimum atomic E-state index is -1.12. The summed E-state index contributed by atoms with van der Waals surface area (Å²) in [4.78, 5) is 40.3. The van der Waals surface area contributed by atoms with Crippen LogP contribution in [0.2, 0.25) is 0 Å². The Labute approximate surface area is 154 Å². The number of hydrogen-bond acceptors (Lipinski definition) is 6. The third-order valence-electron chi connectivity index (χ3n) is 3.86. The summed E-state index contributed by atoms with van der Waals surface area (Å²) in [5, 5.41) is 6.18. The van der Waals surface area contributed by atoms with Crippen LogP contribution in [0.3, 0.4) is 0 Å². The Morgan fingerprint density at radius 3 is 2.48 bits per heavy atom. The van der Waals surface area contributed by atoms with Crippen molar-refractivity contribution in [2.75, 3.05) is 0 Å². The second kappa shape index (κ2) is 8.05. The van der Waals surface area contributed by atoms with Gasteiger partial charge in [-0.2, -0.15) is 0 Å². The van der Waals surface area contributed by atoms with E-state index < -0.39 is 23.6 Å². The number of aromatic nitrogens is 2. The van der Waals surface area contributed by atoms with Gasteiger partial charge in [0.05, 0.1) is 6.20 Å². The predicted molar refractivity (Wildman–Crippen MR) is 95.3 cm³/mol. The molecule has 0 radical (unpaired) electrons. The maximum atomic E-state index is 12.7. The highest BCUT2D eigenvalue weighted by molar-refractivity contribution is 6.38. The zero-order valence-corrected chi connectivity index (χ0v) is 14.2. The summed E-state index contributed by atoms with van der Waals surface area (Å²) in [6, 6.07) is 13.0. The van der Waals surface area contributed by atoms with Gasteiger partial charge < -0.3 is 15.6 Å². The van der Waals surface area contributed by atoms with Crippen molar-refractivity contribution < 1.29 is 18.9 Å². The highest BCUT2D eigenvalue weighted by atomic mass is 16.5. The van der Waals surface area contributed by atoms with Crippen molar-refractivity contribution in [3.05, 3.63) is 72.1 Å². The minimum absolute atomic E-state index is 0.101. The van der Waals surface area contributed by atoms with Crippen LogP contribution in [0, 0.1) is 0 Å². The molecule has 3 rings (SSSR count). The van der Waals surface area contributed by atoms with Crippen LogP contribution < -0.4 is 11.1 Å². The first-order valence-corrected chi connectivity index (χ1v) is 8.10.